The lowest BCUT2D eigenvalue weighted by molar-refractivity contribution is -0.142. The molecule has 0 amide bonds. The van der Waals surface area contributed by atoms with Crippen LogP contribution in [0, 0.1) is 0 Å². The Morgan fingerprint density at radius 3 is 1.71 bits per heavy atom. The van der Waals surface area contributed by atoms with Crippen molar-refractivity contribution in [1.82, 2.24) is 0 Å². The first-order valence-corrected chi connectivity index (χ1v) is 9.38. The number of carboxylic acids is 1. The van der Waals surface area contributed by atoms with E-state index in [9.17, 15) is 4.79 Å². The smallest absolute Gasteiger partial charge is 0.306 e. The highest BCUT2D eigenvalue weighted by molar-refractivity contribution is 6.73. The number of carbonyl (C=O) groups is 1. The normalized spacial score (nSPS) is 12.8. The van der Waals surface area contributed by atoms with Gasteiger partial charge < -0.3 is 9.53 Å². The first-order chi connectivity index (χ1) is 7.93. The van der Waals surface area contributed by atoms with Crippen LogP contribution in [0.2, 0.25) is 18.1 Å². The molecule has 0 unspecified atom stereocenters. The van der Waals surface area contributed by atoms with E-state index in [4.69, 9.17) is 9.53 Å². The Balaban J connectivity index is 5.00. The lowest BCUT2D eigenvalue weighted by Gasteiger charge is -2.41. The number of aliphatic carboxylic acids is 1. The summed E-state index contributed by atoms with van der Waals surface area (Å²) in [5, 5.41) is 9.06. The van der Waals surface area contributed by atoms with Crippen molar-refractivity contribution in [3.05, 3.63) is 0 Å². The summed E-state index contributed by atoms with van der Waals surface area (Å²) >= 11 is 0. The summed E-state index contributed by atoms with van der Waals surface area (Å²) in [6, 6.07) is 3.21. The summed E-state index contributed by atoms with van der Waals surface area (Å²) in [6.07, 6.45) is 1.70. The van der Waals surface area contributed by atoms with Gasteiger partial charge >= 0.3 is 5.97 Å². The predicted octanol–water partition coefficient (Wildman–Crippen LogP) is 4.04. The third kappa shape index (κ3) is 4.43. The van der Waals surface area contributed by atoms with E-state index in [0.29, 0.717) is 0 Å². The van der Waals surface area contributed by atoms with Gasteiger partial charge in [0, 0.05) is 0 Å². The van der Waals surface area contributed by atoms with E-state index in [0.717, 1.165) is 31.0 Å². The standard InChI is InChI=1S/C13H28O3Si/c1-6-13(7-2,11-12(14)15)16-17(8-3,9-4)10-5/h6-11H2,1-5H3,(H,14,15). The maximum Gasteiger partial charge on any atom is 0.306 e. The van der Waals surface area contributed by atoms with Gasteiger partial charge in [0.05, 0.1) is 12.0 Å². The number of hydrogen-bond acceptors (Lipinski definition) is 2. The average Bonchev–Trinajstić information content (AvgIpc) is 2.34. The van der Waals surface area contributed by atoms with Crippen molar-refractivity contribution in [3.8, 4) is 0 Å². The molecule has 0 bridgehead atoms. The molecule has 0 atom stereocenters. The number of carboxylic acid groups (broad SMARTS) is 1. The minimum Gasteiger partial charge on any atom is -0.481 e. The van der Waals surface area contributed by atoms with E-state index in [1.165, 1.54) is 0 Å². The summed E-state index contributed by atoms with van der Waals surface area (Å²) in [5.41, 5.74) is -0.444. The summed E-state index contributed by atoms with van der Waals surface area (Å²) in [7, 11) is -1.72. The Kier molecular flexibility index (Phi) is 7.01. The van der Waals surface area contributed by atoms with Crippen LogP contribution in [-0.4, -0.2) is 25.0 Å². The minimum atomic E-state index is -1.72. The Morgan fingerprint density at radius 1 is 1.06 bits per heavy atom. The summed E-state index contributed by atoms with van der Waals surface area (Å²) < 4.78 is 6.44. The van der Waals surface area contributed by atoms with Gasteiger partial charge in [-0.15, -0.1) is 0 Å². The zero-order valence-electron chi connectivity index (χ0n) is 12.0. The van der Waals surface area contributed by atoms with Gasteiger partial charge in [-0.25, -0.2) is 0 Å². The fourth-order valence-corrected chi connectivity index (χ4v) is 5.59. The molecule has 0 saturated heterocycles. The molecule has 0 aromatic heterocycles. The van der Waals surface area contributed by atoms with Crippen molar-refractivity contribution in [2.75, 3.05) is 0 Å². The van der Waals surface area contributed by atoms with Gasteiger partial charge in [-0.05, 0) is 31.0 Å². The van der Waals surface area contributed by atoms with Gasteiger partial charge in [-0.2, -0.15) is 0 Å². The predicted molar refractivity (Wildman–Crippen MR) is 73.8 cm³/mol. The monoisotopic (exact) mass is 260 g/mol. The van der Waals surface area contributed by atoms with Crippen molar-refractivity contribution < 1.29 is 14.3 Å². The van der Waals surface area contributed by atoms with Crippen molar-refractivity contribution in [1.29, 1.82) is 0 Å². The number of rotatable bonds is 9. The third-order valence-electron chi connectivity index (χ3n) is 4.13. The van der Waals surface area contributed by atoms with Crippen molar-refractivity contribution in [2.45, 2.75) is 77.6 Å². The van der Waals surface area contributed by atoms with Crippen LogP contribution in [0.5, 0.6) is 0 Å². The fourth-order valence-electron chi connectivity index (χ4n) is 2.38. The molecule has 0 aromatic carbocycles. The zero-order valence-corrected chi connectivity index (χ0v) is 13.0. The third-order valence-corrected chi connectivity index (χ3v) is 8.86. The Hall–Kier alpha value is -0.353. The molecule has 4 heteroatoms. The van der Waals surface area contributed by atoms with E-state index in [-0.39, 0.29) is 6.42 Å². The second kappa shape index (κ2) is 7.16. The average molecular weight is 260 g/mol. The zero-order chi connectivity index (χ0) is 13.5. The molecule has 17 heavy (non-hydrogen) atoms. The summed E-state index contributed by atoms with van der Waals surface area (Å²) in [4.78, 5) is 11.0. The van der Waals surface area contributed by atoms with E-state index in [1.54, 1.807) is 0 Å². The fraction of sp³-hybridized carbons (Fsp3) is 0.923. The highest BCUT2D eigenvalue weighted by Gasteiger charge is 2.40. The molecular formula is C13H28O3Si. The van der Waals surface area contributed by atoms with Crippen molar-refractivity contribution >= 4 is 14.3 Å². The van der Waals surface area contributed by atoms with E-state index in [2.05, 4.69) is 20.8 Å². The SMILES string of the molecule is CCC(CC)(CC(=O)O)O[Si](CC)(CC)CC. The van der Waals surface area contributed by atoms with Crippen molar-refractivity contribution in [2.24, 2.45) is 0 Å². The molecule has 0 fully saturated rings. The Bertz CT molecular complexity index is 225. The van der Waals surface area contributed by atoms with Crippen LogP contribution in [0.25, 0.3) is 0 Å². The molecule has 0 aromatic rings. The van der Waals surface area contributed by atoms with Gasteiger partial charge in [0.2, 0.25) is 0 Å². The first kappa shape index (κ1) is 16.6. The number of hydrogen-bond donors (Lipinski definition) is 1. The van der Waals surface area contributed by atoms with E-state index in [1.807, 2.05) is 13.8 Å². The molecule has 102 valence electrons. The molecule has 0 radical (unpaired) electrons. The molecule has 0 heterocycles. The quantitative estimate of drug-likeness (QED) is 0.636. The van der Waals surface area contributed by atoms with Gasteiger partial charge in [0.15, 0.2) is 8.32 Å². The second-order valence-corrected chi connectivity index (χ2v) is 9.50. The molecular weight excluding hydrogens is 232 g/mol. The van der Waals surface area contributed by atoms with Crippen LogP contribution < -0.4 is 0 Å². The maximum absolute atomic E-state index is 11.0. The van der Waals surface area contributed by atoms with E-state index < -0.39 is 19.9 Å². The molecule has 0 saturated carbocycles. The van der Waals surface area contributed by atoms with Crippen LogP contribution >= 0.6 is 0 Å². The van der Waals surface area contributed by atoms with Gasteiger partial charge in [0.25, 0.3) is 0 Å². The molecule has 3 nitrogen and oxygen atoms in total. The maximum atomic E-state index is 11.0. The van der Waals surface area contributed by atoms with E-state index >= 15 is 0 Å². The first-order valence-electron chi connectivity index (χ1n) is 6.85. The van der Waals surface area contributed by atoms with Crippen LogP contribution in [0.4, 0.5) is 0 Å². The van der Waals surface area contributed by atoms with Crippen molar-refractivity contribution in [3.63, 3.8) is 0 Å². The molecule has 0 aliphatic carbocycles. The molecule has 0 aliphatic rings. The highest BCUT2D eigenvalue weighted by Crippen LogP contribution is 2.34. The van der Waals surface area contributed by atoms with Crippen LogP contribution in [-0.2, 0) is 9.22 Å². The summed E-state index contributed by atoms with van der Waals surface area (Å²) in [5.74, 6) is -0.750. The van der Waals surface area contributed by atoms with Crippen LogP contribution in [0.3, 0.4) is 0 Å². The Morgan fingerprint density at radius 2 is 1.47 bits per heavy atom. The lowest BCUT2D eigenvalue weighted by atomic mass is 9.94. The van der Waals surface area contributed by atoms with Gasteiger partial charge in [-0.1, -0.05) is 34.6 Å². The molecule has 0 aliphatic heterocycles. The summed E-state index contributed by atoms with van der Waals surface area (Å²) in [6.45, 7) is 10.6. The highest BCUT2D eigenvalue weighted by atomic mass is 28.4. The Labute approximate surface area is 107 Å². The van der Waals surface area contributed by atoms with Crippen LogP contribution in [0.15, 0.2) is 0 Å². The van der Waals surface area contributed by atoms with Gasteiger partial charge in [0.1, 0.15) is 0 Å². The molecule has 0 spiro atoms. The topological polar surface area (TPSA) is 46.5 Å². The van der Waals surface area contributed by atoms with Crippen LogP contribution in [0.1, 0.15) is 53.9 Å². The van der Waals surface area contributed by atoms with Gasteiger partial charge in [-0.3, -0.25) is 4.79 Å². The largest absolute Gasteiger partial charge is 0.481 e. The molecule has 1 N–H and O–H groups in total. The second-order valence-electron chi connectivity index (χ2n) is 4.81. The molecule has 0 rings (SSSR count). The minimum absolute atomic E-state index is 0.134. The lowest BCUT2D eigenvalue weighted by Crippen LogP contribution is -2.47.